The Morgan fingerprint density at radius 1 is 1.56 bits per heavy atom. The first-order valence-electron chi connectivity index (χ1n) is 5.19. The second-order valence-corrected chi connectivity index (χ2v) is 3.39. The standard InChI is InChI=1S/C10H13N3O5/c1-3-12-6-7(13(16)17)4-8(12)10(15)11-5-9(14)18-2/h4,6H,3,5H2,1-2H3,(H,11,15). The van der Waals surface area contributed by atoms with Crippen LogP contribution in [0.5, 0.6) is 0 Å². The number of methoxy groups -OCH3 is 1. The molecule has 8 heteroatoms. The topological polar surface area (TPSA) is 103 Å². The quantitative estimate of drug-likeness (QED) is 0.463. The number of hydrogen-bond acceptors (Lipinski definition) is 5. The zero-order valence-corrected chi connectivity index (χ0v) is 10.0. The van der Waals surface area contributed by atoms with Crippen LogP contribution in [0.25, 0.3) is 0 Å². The Balaban J connectivity index is 2.84. The molecular formula is C10H13N3O5. The molecule has 0 fully saturated rings. The first-order valence-corrected chi connectivity index (χ1v) is 5.19. The highest BCUT2D eigenvalue weighted by Gasteiger charge is 2.18. The highest BCUT2D eigenvalue weighted by Crippen LogP contribution is 2.16. The van der Waals surface area contributed by atoms with E-state index in [2.05, 4.69) is 10.1 Å². The Bertz CT molecular complexity index is 480. The molecule has 0 saturated heterocycles. The lowest BCUT2D eigenvalue weighted by Gasteiger charge is -2.05. The number of aryl methyl sites for hydroxylation is 1. The molecule has 0 spiro atoms. The number of ether oxygens (including phenoxy) is 1. The van der Waals surface area contributed by atoms with Crippen LogP contribution < -0.4 is 5.32 Å². The van der Waals surface area contributed by atoms with E-state index in [0.717, 1.165) is 6.07 Å². The predicted octanol–water partition coefficient (Wildman–Crippen LogP) is 0.319. The van der Waals surface area contributed by atoms with Gasteiger partial charge < -0.3 is 14.6 Å². The van der Waals surface area contributed by atoms with Crippen LogP contribution in [0.2, 0.25) is 0 Å². The maximum atomic E-state index is 11.7. The van der Waals surface area contributed by atoms with Crippen molar-refractivity contribution in [3.8, 4) is 0 Å². The van der Waals surface area contributed by atoms with Gasteiger partial charge in [-0.15, -0.1) is 0 Å². The number of nitro groups is 1. The minimum atomic E-state index is -0.590. The Hall–Kier alpha value is -2.38. The van der Waals surface area contributed by atoms with E-state index in [1.54, 1.807) is 6.92 Å². The molecule has 0 aliphatic carbocycles. The van der Waals surface area contributed by atoms with Crippen molar-refractivity contribution in [1.29, 1.82) is 0 Å². The molecule has 98 valence electrons. The molecule has 0 aliphatic heterocycles. The van der Waals surface area contributed by atoms with Crippen molar-refractivity contribution in [1.82, 2.24) is 9.88 Å². The van der Waals surface area contributed by atoms with E-state index in [0.29, 0.717) is 6.54 Å². The minimum Gasteiger partial charge on any atom is -0.468 e. The molecular weight excluding hydrogens is 242 g/mol. The summed E-state index contributed by atoms with van der Waals surface area (Å²) in [7, 11) is 1.20. The number of carbonyl (C=O) groups is 2. The smallest absolute Gasteiger partial charge is 0.325 e. The molecule has 0 aliphatic rings. The molecule has 0 bridgehead atoms. The van der Waals surface area contributed by atoms with Crippen LogP contribution in [-0.2, 0) is 16.1 Å². The van der Waals surface area contributed by atoms with Crippen LogP contribution in [0, 0.1) is 10.1 Å². The maximum Gasteiger partial charge on any atom is 0.325 e. The summed E-state index contributed by atoms with van der Waals surface area (Å²) in [6, 6.07) is 1.16. The average Bonchev–Trinajstić information content (AvgIpc) is 2.79. The number of hydrogen-bond donors (Lipinski definition) is 1. The fourth-order valence-electron chi connectivity index (χ4n) is 1.36. The van der Waals surface area contributed by atoms with Gasteiger partial charge in [-0.05, 0) is 6.92 Å². The van der Waals surface area contributed by atoms with Gasteiger partial charge in [0, 0.05) is 12.6 Å². The molecule has 0 aromatic carbocycles. The van der Waals surface area contributed by atoms with Crippen LogP contribution in [0.4, 0.5) is 5.69 Å². The lowest BCUT2D eigenvalue weighted by atomic mass is 10.3. The van der Waals surface area contributed by atoms with Crippen LogP contribution in [0.15, 0.2) is 12.3 Å². The lowest BCUT2D eigenvalue weighted by molar-refractivity contribution is -0.384. The summed E-state index contributed by atoms with van der Waals surface area (Å²) in [5.41, 5.74) is -0.0341. The fourth-order valence-corrected chi connectivity index (χ4v) is 1.36. The molecule has 0 radical (unpaired) electrons. The molecule has 0 saturated carbocycles. The van der Waals surface area contributed by atoms with Gasteiger partial charge in [0.15, 0.2) is 0 Å². The van der Waals surface area contributed by atoms with E-state index < -0.39 is 16.8 Å². The minimum absolute atomic E-state index is 0.133. The monoisotopic (exact) mass is 255 g/mol. The predicted molar refractivity (Wildman–Crippen MR) is 61.1 cm³/mol. The lowest BCUT2D eigenvalue weighted by Crippen LogP contribution is -2.31. The largest absolute Gasteiger partial charge is 0.468 e. The molecule has 0 unspecified atom stereocenters. The van der Waals surface area contributed by atoms with Crippen LogP contribution >= 0.6 is 0 Å². The van der Waals surface area contributed by atoms with Gasteiger partial charge in [-0.25, -0.2) is 0 Å². The second kappa shape index (κ2) is 5.80. The van der Waals surface area contributed by atoms with E-state index in [9.17, 15) is 19.7 Å². The molecule has 1 rings (SSSR count). The molecule has 1 heterocycles. The first-order chi connectivity index (χ1) is 8.49. The zero-order chi connectivity index (χ0) is 13.7. The van der Waals surface area contributed by atoms with Gasteiger partial charge in [0.05, 0.1) is 18.2 Å². The van der Waals surface area contributed by atoms with Gasteiger partial charge in [0.1, 0.15) is 12.2 Å². The number of esters is 1. The number of rotatable bonds is 5. The van der Waals surface area contributed by atoms with E-state index in [1.807, 2.05) is 0 Å². The van der Waals surface area contributed by atoms with Crippen molar-refractivity contribution in [2.75, 3.05) is 13.7 Å². The third kappa shape index (κ3) is 3.06. The van der Waals surface area contributed by atoms with Gasteiger partial charge in [0.2, 0.25) is 0 Å². The third-order valence-corrected chi connectivity index (χ3v) is 2.29. The first kappa shape index (κ1) is 13.7. The normalized spacial score (nSPS) is 9.89. The number of carbonyl (C=O) groups excluding carboxylic acids is 2. The Morgan fingerprint density at radius 2 is 2.22 bits per heavy atom. The van der Waals surface area contributed by atoms with E-state index >= 15 is 0 Å². The number of aromatic nitrogens is 1. The molecule has 1 aromatic heterocycles. The fraction of sp³-hybridized carbons (Fsp3) is 0.400. The van der Waals surface area contributed by atoms with Crippen molar-refractivity contribution in [2.24, 2.45) is 0 Å². The van der Waals surface area contributed by atoms with E-state index in [-0.39, 0.29) is 17.9 Å². The SMILES string of the molecule is CCn1cc([N+](=O)[O-])cc1C(=O)NCC(=O)OC. The summed E-state index contributed by atoms with van der Waals surface area (Å²) >= 11 is 0. The maximum absolute atomic E-state index is 11.7. The zero-order valence-electron chi connectivity index (χ0n) is 10.0. The number of amides is 1. The van der Waals surface area contributed by atoms with Crippen molar-refractivity contribution in [3.05, 3.63) is 28.1 Å². The van der Waals surface area contributed by atoms with E-state index in [4.69, 9.17) is 0 Å². The van der Waals surface area contributed by atoms with Gasteiger partial charge in [-0.3, -0.25) is 19.7 Å². The van der Waals surface area contributed by atoms with Gasteiger partial charge in [0.25, 0.3) is 11.6 Å². The van der Waals surface area contributed by atoms with Crippen LogP contribution in [0.1, 0.15) is 17.4 Å². The molecule has 8 nitrogen and oxygen atoms in total. The summed E-state index contributed by atoms with van der Waals surface area (Å²) in [5, 5.41) is 12.9. The van der Waals surface area contributed by atoms with Crippen molar-refractivity contribution >= 4 is 17.6 Å². The number of nitrogens with zero attached hydrogens (tertiary/aromatic N) is 2. The summed E-state index contributed by atoms with van der Waals surface area (Å²) in [5.74, 6) is -1.15. The Kier molecular flexibility index (Phi) is 4.41. The average molecular weight is 255 g/mol. The molecule has 0 atom stereocenters. The molecule has 1 amide bonds. The molecule has 18 heavy (non-hydrogen) atoms. The molecule has 1 N–H and O–H groups in total. The number of nitrogens with one attached hydrogen (secondary N) is 1. The summed E-state index contributed by atoms with van der Waals surface area (Å²) in [6.45, 7) is 1.88. The summed E-state index contributed by atoms with van der Waals surface area (Å²) < 4.78 is 5.80. The van der Waals surface area contributed by atoms with E-state index in [1.165, 1.54) is 17.9 Å². The van der Waals surface area contributed by atoms with Gasteiger partial charge >= 0.3 is 5.97 Å². The van der Waals surface area contributed by atoms with Crippen LogP contribution in [-0.4, -0.2) is 35.0 Å². The molecule has 1 aromatic rings. The van der Waals surface area contributed by atoms with Crippen molar-refractivity contribution in [2.45, 2.75) is 13.5 Å². The van der Waals surface area contributed by atoms with Gasteiger partial charge in [-0.1, -0.05) is 0 Å². The van der Waals surface area contributed by atoms with Gasteiger partial charge in [-0.2, -0.15) is 0 Å². The Labute approximate surface area is 103 Å². The summed E-state index contributed by atoms with van der Waals surface area (Å²) in [6.07, 6.45) is 1.27. The van der Waals surface area contributed by atoms with Crippen molar-refractivity contribution in [3.63, 3.8) is 0 Å². The second-order valence-electron chi connectivity index (χ2n) is 3.39. The summed E-state index contributed by atoms with van der Waals surface area (Å²) in [4.78, 5) is 32.6. The highest BCUT2D eigenvalue weighted by atomic mass is 16.6. The Morgan fingerprint density at radius 3 is 2.72 bits per heavy atom. The van der Waals surface area contributed by atoms with Crippen molar-refractivity contribution < 1.29 is 19.2 Å². The highest BCUT2D eigenvalue weighted by molar-refractivity contribution is 5.95. The van der Waals surface area contributed by atoms with Crippen LogP contribution in [0.3, 0.4) is 0 Å². The third-order valence-electron chi connectivity index (χ3n) is 2.29.